The number of phenols is 1. The van der Waals surface area contributed by atoms with Crippen molar-refractivity contribution in [3.63, 3.8) is 0 Å². The summed E-state index contributed by atoms with van der Waals surface area (Å²) in [5.74, 6) is 1.09. The molecule has 0 radical (unpaired) electrons. The van der Waals surface area contributed by atoms with Gasteiger partial charge in [-0.2, -0.15) is 0 Å². The zero-order chi connectivity index (χ0) is 18.4. The van der Waals surface area contributed by atoms with Gasteiger partial charge in [-0.25, -0.2) is 0 Å². The van der Waals surface area contributed by atoms with Crippen molar-refractivity contribution in [1.82, 2.24) is 0 Å². The summed E-state index contributed by atoms with van der Waals surface area (Å²) in [5.41, 5.74) is 1.90. The minimum absolute atomic E-state index is 0.107. The number of benzene rings is 2. The third-order valence-corrected chi connectivity index (χ3v) is 3.57. The lowest BCUT2D eigenvalue weighted by Gasteiger charge is -2.13. The van der Waals surface area contributed by atoms with Gasteiger partial charge in [0.1, 0.15) is 5.75 Å². The van der Waals surface area contributed by atoms with Gasteiger partial charge in [-0.15, -0.1) is 0 Å². The highest BCUT2D eigenvalue weighted by Gasteiger charge is 2.15. The van der Waals surface area contributed by atoms with Crippen LogP contribution in [-0.2, 0) is 0 Å². The van der Waals surface area contributed by atoms with Crippen molar-refractivity contribution in [1.29, 1.82) is 0 Å². The second-order valence-corrected chi connectivity index (χ2v) is 5.28. The van der Waals surface area contributed by atoms with Crippen LogP contribution < -0.4 is 19.5 Å². The molecule has 0 bridgehead atoms. The summed E-state index contributed by atoms with van der Waals surface area (Å²) in [7, 11) is 4.48. The van der Waals surface area contributed by atoms with Gasteiger partial charge in [-0.3, -0.25) is 4.79 Å². The topological polar surface area (TPSA) is 77.0 Å². The van der Waals surface area contributed by atoms with E-state index in [1.165, 1.54) is 33.6 Å². The predicted octanol–water partition coefficient (Wildman–Crippen LogP) is 3.53. The third-order valence-electron chi connectivity index (χ3n) is 3.57. The minimum atomic E-state index is -0.251. The molecule has 0 aliphatic rings. The summed E-state index contributed by atoms with van der Waals surface area (Å²) in [6.45, 7) is 1.91. The highest BCUT2D eigenvalue weighted by Crippen LogP contribution is 2.38. The minimum Gasteiger partial charge on any atom is -0.506 e. The molecule has 0 fully saturated rings. The molecule has 0 spiro atoms. The molecule has 2 rings (SSSR count). The van der Waals surface area contributed by atoms with Crippen LogP contribution >= 0.6 is 0 Å². The number of hydrogen-bond acceptors (Lipinski definition) is 6. The third kappa shape index (κ3) is 4.23. The molecule has 0 aromatic heterocycles. The van der Waals surface area contributed by atoms with Gasteiger partial charge < -0.3 is 24.6 Å². The average Bonchev–Trinajstić information content (AvgIpc) is 2.62. The van der Waals surface area contributed by atoms with Crippen LogP contribution in [0.3, 0.4) is 0 Å². The zero-order valence-electron chi connectivity index (χ0n) is 14.6. The number of aromatic hydroxyl groups is 1. The van der Waals surface area contributed by atoms with Crippen molar-refractivity contribution in [2.24, 2.45) is 0 Å². The van der Waals surface area contributed by atoms with Crippen molar-refractivity contribution in [2.75, 3.05) is 26.6 Å². The number of anilines is 1. The van der Waals surface area contributed by atoms with Crippen LogP contribution in [0, 0.1) is 6.92 Å². The van der Waals surface area contributed by atoms with Crippen LogP contribution in [0.25, 0.3) is 0 Å². The Morgan fingerprint density at radius 1 is 1.04 bits per heavy atom. The second-order valence-electron chi connectivity index (χ2n) is 5.28. The fraction of sp³-hybridized carbons (Fsp3) is 0.211. The van der Waals surface area contributed by atoms with Gasteiger partial charge in [-0.05, 0) is 36.8 Å². The van der Waals surface area contributed by atoms with Crippen LogP contribution in [0.15, 0.2) is 42.6 Å². The van der Waals surface area contributed by atoms with Gasteiger partial charge in [0.05, 0.1) is 27.0 Å². The van der Waals surface area contributed by atoms with Crippen LogP contribution in [-0.4, -0.2) is 32.2 Å². The van der Waals surface area contributed by atoms with Crippen LogP contribution in [0.2, 0.25) is 0 Å². The number of methoxy groups -OCH3 is 3. The molecule has 25 heavy (non-hydrogen) atoms. The number of rotatable bonds is 7. The summed E-state index contributed by atoms with van der Waals surface area (Å²) >= 11 is 0. The maximum atomic E-state index is 12.4. The van der Waals surface area contributed by atoms with Gasteiger partial charge in [0.25, 0.3) is 0 Å². The van der Waals surface area contributed by atoms with E-state index in [1.54, 1.807) is 30.3 Å². The molecule has 0 aliphatic heterocycles. The molecule has 0 saturated carbocycles. The molecule has 0 amide bonds. The number of phenolic OH excluding ortho intramolecular Hbond substituents is 1. The van der Waals surface area contributed by atoms with E-state index in [4.69, 9.17) is 14.2 Å². The van der Waals surface area contributed by atoms with E-state index < -0.39 is 0 Å². The molecule has 6 heteroatoms. The molecular formula is C19H21NO5. The fourth-order valence-corrected chi connectivity index (χ4v) is 2.29. The van der Waals surface area contributed by atoms with Gasteiger partial charge >= 0.3 is 0 Å². The van der Waals surface area contributed by atoms with E-state index in [9.17, 15) is 9.90 Å². The number of hydrogen-bond donors (Lipinski definition) is 2. The average molecular weight is 343 g/mol. The quantitative estimate of drug-likeness (QED) is 0.455. The van der Waals surface area contributed by atoms with Crippen molar-refractivity contribution >= 4 is 11.5 Å². The number of ether oxygens (including phenoxy) is 3. The molecule has 0 heterocycles. The second kappa shape index (κ2) is 8.10. The molecule has 2 aromatic carbocycles. The highest BCUT2D eigenvalue weighted by atomic mass is 16.5. The number of ketones is 1. The Hall–Kier alpha value is -3.15. The van der Waals surface area contributed by atoms with E-state index in [1.807, 2.05) is 6.92 Å². The summed E-state index contributed by atoms with van der Waals surface area (Å²) in [6, 6.07) is 8.33. The largest absolute Gasteiger partial charge is 0.506 e. The molecule has 0 aliphatic carbocycles. The highest BCUT2D eigenvalue weighted by molar-refractivity contribution is 6.05. The molecule has 2 N–H and O–H groups in total. The maximum Gasteiger partial charge on any atom is 0.203 e. The standard InChI is InChI=1S/C19H21NO5/c1-12-5-6-16(22)14(9-12)20-8-7-15(21)13-10-17(23-2)19(25-4)18(11-13)24-3/h5-11,20,22H,1-4H3/b8-7+. The Morgan fingerprint density at radius 3 is 2.24 bits per heavy atom. The SMILES string of the molecule is COc1cc(C(=O)/C=C/Nc2cc(C)ccc2O)cc(OC)c1OC. The first-order chi connectivity index (χ1) is 12.0. The Morgan fingerprint density at radius 2 is 1.68 bits per heavy atom. The summed E-state index contributed by atoms with van der Waals surface area (Å²) in [4.78, 5) is 12.4. The first kappa shape index (κ1) is 18.2. The van der Waals surface area contributed by atoms with Crippen LogP contribution in [0.1, 0.15) is 15.9 Å². The van der Waals surface area contributed by atoms with Crippen LogP contribution in [0.5, 0.6) is 23.0 Å². The maximum absolute atomic E-state index is 12.4. The first-order valence-corrected chi connectivity index (χ1v) is 7.57. The zero-order valence-corrected chi connectivity index (χ0v) is 14.6. The van der Waals surface area contributed by atoms with E-state index >= 15 is 0 Å². The first-order valence-electron chi connectivity index (χ1n) is 7.57. The van der Waals surface area contributed by atoms with Gasteiger partial charge in [0.2, 0.25) is 5.75 Å². The summed E-state index contributed by atoms with van der Waals surface area (Å²) < 4.78 is 15.7. The Labute approximate surface area is 146 Å². The van der Waals surface area contributed by atoms with Crippen molar-refractivity contribution in [3.05, 3.63) is 53.7 Å². The lowest BCUT2D eigenvalue weighted by molar-refractivity contribution is 0.104. The molecule has 0 saturated heterocycles. The number of carbonyl (C=O) groups is 1. The number of aryl methyl sites for hydroxylation is 1. The predicted molar refractivity (Wildman–Crippen MR) is 96.0 cm³/mol. The summed E-state index contributed by atoms with van der Waals surface area (Å²) in [5, 5.41) is 12.7. The lowest BCUT2D eigenvalue weighted by Crippen LogP contribution is -2.01. The fourth-order valence-electron chi connectivity index (χ4n) is 2.29. The van der Waals surface area contributed by atoms with Crippen molar-refractivity contribution < 1.29 is 24.1 Å². The Balaban J connectivity index is 2.21. The smallest absolute Gasteiger partial charge is 0.203 e. The van der Waals surface area contributed by atoms with Crippen molar-refractivity contribution in [3.8, 4) is 23.0 Å². The molecule has 2 aromatic rings. The van der Waals surface area contributed by atoms with Crippen LogP contribution in [0.4, 0.5) is 5.69 Å². The molecule has 132 valence electrons. The number of nitrogens with one attached hydrogen (secondary N) is 1. The number of allylic oxidation sites excluding steroid dienone is 1. The van der Waals surface area contributed by atoms with Gasteiger partial charge in [-0.1, -0.05) is 6.07 Å². The molecular weight excluding hydrogens is 322 g/mol. The van der Waals surface area contributed by atoms with Gasteiger partial charge in [0.15, 0.2) is 17.3 Å². The molecule has 0 atom stereocenters. The summed E-state index contributed by atoms with van der Waals surface area (Å²) in [6.07, 6.45) is 2.84. The Bertz CT molecular complexity index is 773. The number of carbonyl (C=O) groups excluding carboxylic acids is 1. The molecule has 0 unspecified atom stereocenters. The van der Waals surface area contributed by atoms with E-state index in [-0.39, 0.29) is 11.5 Å². The van der Waals surface area contributed by atoms with E-state index in [0.29, 0.717) is 28.5 Å². The monoisotopic (exact) mass is 343 g/mol. The van der Waals surface area contributed by atoms with Gasteiger partial charge in [0, 0.05) is 17.8 Å². The lowest BCUT2D eigenvalue weighted by atomic mass is 10.1. The Kier molecular flexibility index (Phi) is 5.89. The molecule has 6 nitrogen and oxygen atoms in total. The van der Waals surface area contributed by atoms with Crippen molar-refractivity contribution in [2.45, 2.75) is 6.92 Å². The van der Waals surface area contributed by atoms with E-state index in [2.05, 4.69) is 5.32 Å². The normalized spacial score (nSPS) is 10.6. The van der Waals surface area contributed by atoms with E-state index in [0.717, 1.165) is 5.56 Å².